The molecule has 0 spiro atoms. The predicted molar refractivity (Wildman–Crippen MR) is 371 cm³/mol. The minimum Gasteiger partial charge on any atom is -0.454 e. The smallest absolute Gasteiger partial charge is 0.247 e. The number of anilines is 5. The van der Waals surface area contributed by atoms with Gasteiger partial charge in [-0.25, -0.2) is 0 Å². The van der Waals surface area contributed by atoms with E-state index in [4.69, 9.17) is 4.42 Å². The van der Waals surface area contributed by atoms with E-state index in [-0.39, 0.29) is 50.0 Å². The van der Waals surface area contributed by atoms with E-state index in [9.17, 15) is 0 Å². The largest absolute Gasteiger partial charge is 0.454 e. The van der Waals surface area contributed by atoms with Crippen LogP contribution in [0, 0.1) is 6.92 Å². The maximum absolute atomic E-state index is 7.19. The minimum atomic E-state index is -0.351. The number of fused-ring (bicyclic) bond motifs is 16. The van der Waals surface area contributed by atoms with Crippen LogP contribution >= 0.6 is 0 Å². The highest BCUT2D eigenvalue weighted by Crippen LogP contribution is 2.61. The van der Waals surface area contributed by atoms with Gasteiger partial charge in [-0.05, 0) is 179 Å². The van der Waals surface area contributed by atoms with Gasteiger partial charge in [-0.2, -0.15) is 0 Å². The lowest BCUT2D eigenvalue weighted by Gasteiger charge is -2.50. The van der Waals surface area contributed by atoms with Crippen LogP contribution in [-0.2, 0) is 49.7 Å². The third-order valence-electron chi connectivity index (χ3n) is 24.3. The molecule has 0 atom stereocenters. The first-order chi connectivity index (χ1) is 41.6. The molecule has 0 fully saturated rings. The van der Waals surface area contributed by atoms with Crippen LogP contribution in [0.1, 0.15) is 218 Å². The summed E-state index contributed by atoms with van der Waals surface area (Å²) < 4.78 is 7.19. The van der Waals surface area contributed by atoms with Crippen LogP contribution in [0.4, 0.5) is 28.4 Å². The fourth-order valence-corrected chi connectivity index (χ4v) is 19.3. The molecular weight excluding hydrogens is 1060 g/mol. The number of hydrogen-bond donors (Lipinski definition) is 0. The molecule has 438 valence electrons. The second kappa shape index (κ2) is 16.9. The Balaban J connectivity index is 0.978. The predicted octanol–water partition coefficient (Wildman–Crippen LogP) is 20.2. The molecule has 0 saturated carbocycles. The van der Waals surface area contributed by atoms with Crippen molar-refractivity contribution in [1.82, 2.24) is 0 Å². The van der Waals surface area contributed by atoms with E-state index in [0.29, 0.717) is 0 Å². The molecule has 10 aromatic rings. The molecule has 4 heteroatoms. The average Bonchev–Trinajstić information content (AvgIpc) is 1.15. The average molecular weight is 1150 g/mol. The number of furan rings is 1. The lowest BCUT2D eigenvalue weighted by atomic mass is 9.32. The van der Waals surface area contributed by atoms with Gasteiger partial charge < -0.3 is 14.2 Å². The number of benzene rings is 9. The maximum atomic E-state index is 7.19. The summed E-state index contributed by atoms with van der Waals surface area (Å²) >= 11 is 0. The minimum absolute atomic E-state index is 0.0210. The Hall–Kier alpha value is -7.82. The van der Waals surface area contributed by atoms with Crippen LogP contribution in [-0.4, -0.2) is 6.71 Å². The quantitative estimate of drug-likeness (QED) is 0.161. The van der Waals surface area contributed by atoms with E-state index in [1.807, 2.05) is 0 Å². The lowest BCUT2D eigenvalue weighted by molar-refractivity contribution is 0.332. The van der Waals surface area contributed by atoms with Crippen molar-refractivity contribution in [3.63, 3.8) is 0 Å². The molecule has 17 rings (SSSR count). The Kier molecular flexibility index (Phi) is 10.4. The Morgan fingerprint density at radius 3 is 1.51 bits per heavy atom. The zero-order valence-corrected chi connectivity index (χ0v) is 55.0. The van der Waals surface area contributed by atoms with Crippen molar-refractivity contribution < 1.29 is 4.42 Å². The van der Waals surface area contributed by atoms with Gasteiger partial charge in [0.05, 0.1) is 5.69 Å². The van der Waals surface area contributed by atoms with Crippen LogP contribution in [0.15, 0.2) is 168 Å². The molecule has 0 radical (unpaired) electrons. The highest BCUT2D eigenvalue weighted by Gasteiger charge is 2.54. The summed E-state index contributed by atoms with van der Waals surface area (Å²) in [7, 11) is 0. The van der Waals surface area contributed by atoms with E-state index in [0.717, 1.165) is 40.5 Å². The van der Waals surface area contributed by atoms with Crippen molar-refractivity contribution in [2.75, 3.05) is 9.80 Å². The molecule has 0 unspecified atom stereocenters. The van der Waals surface area contributed by atoms with E-state index < -0.39 is 0 Å². The molecule has 1 aromatic heterocycles. The third-order valence-corrected chi connectivity index (χ3v) is 24.3. The van der Waals surface area contributed by atoms with E-state index in [2.05, 4.69) is 285 Å². The van der Waals surface area contributed by atoms with Crippen LogP contribution in [0.3, 0.4) is 0 Å². The highest BCUT2D eigenvalue weighted by molar-refractivity contribution is 6.96. The van der Waals surface area contributed by atoms with E-state index in [1.54, 1.807) is 0 Å². The standard InChI is InChI=1S/C84H83BN2O/c1-47-39-70-74-71(40-47)87(68-31-24-26-51-49-25-18-23-32-72(49)88-76(51)68)69-46-65-64(82(12,13)62-43-60-61(44-63(62)83(65,14)15)81(10,11)55-28-20-19-27-54(55)80(60,8)9)45-66(69)85(74)67-42-52-50(34-36-58-73(52)84(16,17)57-30-22-21-29-56(57)79(58,6)7)75(67)86(70)48-33-35-53-59(41-48)78(4,5)38-37-77(53,2)3/h18-36,39-41,43-46H,37-38,42H2,1-17H3. The third kappa shape index (κ3) is 6.67. The topological polar surface area (TPSA) is 19.6 Å². The van der Waals surface area contributed by atoms with E-state index >= 15 is 0 Å². The SMILES string of the molecule is Cc1cc2c3c(c1)N(c1cccc4c1oc1ccccc14)c1cc4c(cc1B3C1=C(c3ccc5c(c3C1)C(C)(C)c1ccccc1C5(C)C)N2c1ccc2c(c1)C(C)(C)CCC2(C)C)C(C)(C)c1cc2c(cc1C4(C)C)C(C)(C)c1ccccc1C2(C)C. The molecule has 3 nitrogen and oxygen atoms in total. The normalized spacial score (nSPS) is 20.4. The van der Waals surface area contributed by atoms with Gasteiger partial charge in [0.25, 0.3) is 0 Å². The van der Waals surface area contributed by atoms with Crippen LogP contribution in [0.25, 0.3) is 27.6 Å². The number of para-hydroxylation sites is 2. The summed E-state index contributed by atoms with van der Waals surface area (Å²) in [5, 5.41) is 2.28. The second-order valence-corrected chi connectivity index (χ2v) is 32.4. The van der Waals surface area contributed by atoms with Crippen molar-refractivity contribution in [2.45, 2.75) is 180 Å². The zero-order chi connectivity index (χ0) is 61.3. The van der Waals surface area contributed by atoms with Crippen molar-refractivity contribution >= 4 is 73.7 Å². The molecular formula is C84H83BN2O. The highest BCUT2D eigenvalue weighted by atomic mass is 16.3. The molecule has 9 aromatic carbocycles. The van der Waals surface area contributed by atoms with Crippen molar-refractivity contribution in [3.8, 4) is 0 Å². The molecule has 0 amide bonds. The Morgan fingerprint density at radius 1 is 0.386 bits per heavy atom. The molecule has 7 aliphatic rings. The van der Waals surface area contributed by atoms with Gasteiger partial charge in [0.2, 0.25) is 6.71 Å². The Labute approximate surface area is 523 Å². The molecule has 88 heavy (non-hydrogen) atoms. The molecule has 2 aliphatic heterocycles. The molecule has 5 aliphatic carbocycles. The van der Waals surface area contributed by atoms with Crippen molar-refractivity contribution in [3.05, 3.63) is 258 Å². The van der Waals surface area contributed by atoms with Gasteiger partial charge in [0.1, 0.15) is 5.58 Å². The monoisotopic (exact) mass is 1150 g/mol. The summed E-state index contributed by atoms with van der Waals surface area (Å²) in [4.78, 5) is 5.42. The first-order valence-electron chi connectivity index (χ1n) is 32.9. The maximum Gasteiger partial charge on any atom is 0.247 e. The van der Waals surface area contributed by atoms with Gasteiger partial charge in [0.15, 0.2) is 5.58 Å². The Bertz CT molecular complexity index is 4870. The molecule has 0 bridgehead atoms. The molecule has 0 saturated heterocycles. The van der Waals surface area contributed by atoms with Crippen LogP contribution in [0.2, 0.25) is 0 Å². The molecule has 0 N–H and O–H groups in total. The zero-order valence-electron chi connectivity index (χ0n) is 55.0. The molecule has 3 heterocycles. The second-order valence-electron chi connectivity index (χ2n) is 32.4. The van der Waals surface area contributed by atoms with Crippen molar-refractivity contribution in [1.29, 1.82) is 0 Å². The van der Waals surface area contributed by atoms with E-state index in [1.165, 1.54) is 146 Å². The lowest BCUT2D eigenvalue weighted by Crippen LogP contribution is -2.56. The number of hydrogen-bond acceptors (Lipinski definition) is 3. The summed E-state index contributed by atoms with van der Waals surface area (Å²) in [5.41, 5.74) is 36.5. The number of aryl methyl sites for hydroxylation is 1. The summed E-state index contributed by atoms with van der Waals surface area (Å²) in [6, 6.07) is 62.6. The van der Waals surface area contributed by atoms with Gasteiger partial charge in [-0.3, -0.25) is 0 Å². The fraction of sp³-hybridized carbons (Fsp3) is 0.333. The first kappa shape index (κ1) is 54.3. The van der Waals surface area contributed by atoms with Gasteiger partial charge in [0, 0.05) is 77.3 Å². The van der Waals surface area contributed by atoms with Crippen LogP contribution < -0.4 is 20.7 Å². The Morgan fingerprint density at radius 2 is 0.886 bits per heavy atom. The fourth-order valence-electron chi connectivity index (χ4n) is 19.3. The number of allylic oxidation sites excluding steroid dienone is 1. The van der Waals surface area contributed by atoms with Gasteiger partial charge in [-0.15, -0.1) is 0 Å². The number of rotatable bonds is 2. The van der Waals surface area contributed by atoms with Gasteiger partial charge >= 0.3 is 0 Å². The summed E-state index contributed by atoms with van der Waals surface area (Å²) in [6.07, 6.45) is 3.19. The van der Waals surface area contributed by atoms with Crippen molar-refractivity contribution in [2.24, 2.45) is 0 Å². The summed E-state index contributed by atoms with van der Waals surface area (Å²) in [5.74, 6) is 0. The number of nitrogens with zero attached hydrogens (tertiary/aromatic N) is 2. The summed E-state index contributed by atoms with van der Waals surface area (Å²) in [6.45, 7) is 42.1. The first-order valence-corrected chi connectivity index (χ1v) is 32.9. The van der Waals surface area contributed by atoms with Gasteiger partial charge in [-0.1, -0.05) is 232 Å². The van der Waals surface area contributed by atoms with Crippen LogP contribution in [0.5, 0.6) is 0 Å².